The van der Waals surface area contributed by atoms with E-state index < -0.39 is 0 Å². The van der Waals surface area contributed by atoms with Crippen molar-refractivity contribution in [1.82, 2.24) is 15.2 Å². The van der Waals surface area contributed by atoms with Crippen LogP contribution in [-0.4, -0.2) is 34.9 Å². The topological polar surface area (TPSA) is 45.2 Å². The lowest BCUT2D eigenvalue weighted by Crippen LogP contribution is -2.46. The summed E-state index contributed by atoms with van der Waals surface area (Å²) in [6.45, 7) is 6.05. The molecule has 0 bridgehead atoms. The third-order valence-electron chi connectivity index (χ3n) is 4.30. The van der Waals surface area contributed by atoms with Gasteiger partial charge in [0.05, 0.1) is 10.7 Å². The van der Waals surface area contributed by atoms with Gasteiger partial charge < -0.3 is 10.2 Å². The molecule has 0 spiro atoms. The highest BCUT2D eigenvalue weighted by atomic mass is 32.1. The molecule has 5 heteroatoms. The van der Waals surface area contributed by atoms with Gasteiger partial charge >= 0.3 is 0 Å². The molecule has 4 nitrogen and oxygen atoms in total. The second kappa shape index (κ2) is 5.82. The lowest BCUT2D eigenvalue weighted by Gasteiger charge is -2.33. The molecule has 2 aliphatic rings. The molecule has 2 heterocycles. The van der Waals surface area contributed by atoms with E-state index in [-0.39, 0.29) is 0 Å². The number of carbonyl (C=O) groups is 1. The molecule has 0 aromatic carbocycles. The predicted octanol–water partition coefficient (Wildman–Crippen LogP) is 2.50. The number of aromatic nitrogens is 1. The average Bonchev–Trinajstić information content (AvgIpc) is 3.20. The van der Waals surface area contributed by atoms with Gasteiger partial charge in [-0.2, -0.15) is 0 Å². The largest absolute Gasteiger partial charge is 0.342 e. The summed E-state index contributed by atoms with van der Waals surface area (Å²) in [4.78, 5) is 18.6. The fraction of sp³-hybridized carbons (Fsp3) is 0.733. The van der Waals surface area contributed by atoms with E-state index in [1.165, 1.54) is 0 Å². The number of nitrogens with one attached hydrogen (secondary N) is 1. The molecule has 1 aliphatic carbocycles. The highest BCUT2D eigenvalue weighted by Gasteiger charge is 2.35. The van der Waals surface area contributed by atoms with Crippen molar-refractivity contribution in [2.24, 2.45) is 5.92 Å². The second-order valence-corrected chi connectivity index (χ2v) is 7.12. The minimum absolute atomic E-state index is 0.302. The van der Waals surface area contributed by atoms with Crippen molar-refractivity contribution < 1.29 is 4.79 Å². The van der Waals surface area contributed by atoms with Gasteiger partial charge in [0.15, 0.2) is 0 Å². The summed E-state index contributed by atoms with van der Waals surface area (Å²) in [5, 5.41) is 6.92. The first-order valence-corrected chi connectivity index (χ1v) is 8.48. The number of piperidine rings is 1. The molecular formula is C15H23N3OS. The first-order chi connectivity index (χ1) is 9.63. The Bertz CT molecular complexity index is 475. The molecule has 1 amide bonds. The van der Waals surface area contributed by atoms with Gasteiger partial charge in [-0.25, -0.2) is 4.98 Å². The molecule has 1 atom stereocenters. The van der Waals surface area contributed by atoms with Crippen LogP contribution in [0.15, 0.2) is 5.38 Å². The first kappa shape index (κ1) is 14.0. The van der Waals surface area contributed by atoms with Gasteiger partial charge in [0.2, 0.25) is 5.91 Å². The van der Waals surface area contributed by atoms with Gasteiger partial charge in [-0.3, -0.25) is 4.79 Å². The summed E-state index contributed by atoms with van der Waals surface area (Å²) in [6.07, 6.45) is 4.34. The first-order valence-electron chi connectivity index (χ1n) is 7.60. The van der Waals surface area contributed by atoms with E-state index in [2.05, 4.69) is 27.5 Å². The van der Waals surface area contributed by atoms with Crippen LogP contribution in [-0.2, 0) is 4.79 Å². The third-order valence-corrected chi connectivity index (χ3v) is 5.09. The minimum atomic E-state index is 0.302. The van der Waals surface area contributed by atoms with Crippen LogP contribution in [0.3, 0.4) is 0 Å². The molecule has 1 aromatic rings. The van der Waals surface area contributed by atoms with E-state index in [1.807, 2.05) is 6.92 Å². The fourth-order valence-corrected chi connectivity index (χ4v) is 3.58. The van der Waals surface area contributed by atoms with Gasteiger partial charge in [-0.15, -0.1) is 11.3 Å². The number of aryl methyl sites for hydroxylation is 1. The van der Waals surface area contributed by atoms with Crippen LogP contribution in [0, 0.1) is 12.8 Å². The number of likely N-dealkylation sites (tertiary alicyclic amines) is 1. The molecule has 110 valence electrons. The Morgan fingerprint density at radius 1 is 1.40 bits per heavy atom. The highest BCUT2D eigenvalue weighted by molar-refractivity contribution is 7.09. The Kier molecular flexibility index (Phi) is 4.08. The zero-order valence-corrected chi connectivity index (χ0v) is 13.1. The van der Waals surface area contributed by atoms with Crippen molar-refractivity contribution in [1.29, 1.82) is 0 Å². The Labute approximate surface area is 124 Å². The molecule has 1 aromatic heterocycles. The summed E-state index contributed by atoms with van der Waals surface area (Å²) in [6, 6.07) is 0.811. The Balaban J connectivity index is 1.47. The summed E-state index contributed by atoms with van der Waals surface area (Å²) in [7, 11) is 0. The molecule has 0 radical (unpaired) electrons. The molecule has 1 N–H and O–H groups in total. The van der Waals surface area contributed by atoms with Gasteiger partial charge in [-0.05, 0) is 39.5 Å². The fourth-order valence-electron chi connectivity index (χ4n) is 2.87. The van der Waals surface area contributed by atoms with Crippen LogP contribution in [0.25, 0.3) is 0 Å². The van der Waals surface area contributed by atoms with Gasteiger partial charge in [0, 0.05) is 36.5 Å². The number of thiazole rings is 1. The lowest BCUT2D eigenvalue weighted by atomic mass is 10.0. The van der Waals surface area contributed by atoms with Crippen LogP contribution < -0.4 is 5.32 Å². The lowest BCUT2D eigenvalue weighted by molar-refractivity contribution is -0.133. The summed E-state index contributed by atoms with van der Waals surface area (Å²) < 4.78 is 0. The van der Waals surface area contributed by atoms with Crippen LogP contribution in [0.5, 0.6) is 0 Å². The van der Waals surface area contributed by atoms with E-state index in [9.17, 15) is 4.79 Å². The molecular weight excluding hydrogens is 270 g/mol. The van der Waals surface area contributed by atoms with Crippen molar-refractivity contribution in [2.75, 3.05) is 13.1 Å². The number of amides is 1. The molecule has 2 fully saturated rings. The minimum Gasteiger partial charge on any atom is -0.342 e. The molecule has 3 rings (SSSR count). The summed E-state index contributed by atoms with van der Waals surface area (Å²) >= 11 is 1.71. The molecule has 20 heavy (non-hydrogen) atoms. The van der Waals surface area contributed by atoms with E-state index in [1.54, 1.807) is 11.3 Å². The van der Waals surface area contributed by atoms with Crippen LogP contribution in [0.4, 0.5) is 0 Å². The Morgan fingerprint density at radius 2 is 2.10 bits per heavy atom. The number of carbonyl (C=O) groups excluding carboxylic acids is 1. The molecule has 1 saturated heterocycles. The van der Waals surface area contributed by atoms with E-state index in [4.69, 9.17) is 0 Å². The molecule has 1 saturated carbocycles. The van der Waals surface area contributed by atoms with Crippen LogP contribution in [0.2, 0.25) is 0 Å². The average molecular weight is 293 g/mol. The normalized spacial score (nSPS) is 22.0. The van der Waals surface area contributed by atoms with Crippen LogP contribution in [0.1, 0.15) is 49.4 Å². The van der Waals surface area contributed by atoms with Gasteiger partial charge in [-0.1, -0.05) is 0 Å². The smallest absolute Gasteiger partial charge is 0.225 e. The third kappa shape index (κ3) is 3.20. The van der Waals surface area contributed by atoms with E-state index in [0.29, 0.717) is 23.9 Å². The maximum absolute atomic E-state index is 12.0. The zero-order valence-electron chi connectivity index (χ0n) is 12.3. The number of nitrogens with zero attached hydrogens (tertiary/aromatic N) is 2. The van der Waals surface area contributed by atoms with Crippen LogP contribution >= 0.6 is 11.3 Å². The number of rotatable bonds is 4. The number of hydrogen-bond acceptors (Lipinski definition) is 4. The molecule has 1 aliphatic heterocycles. The summed E-state index contributed by atoms with van der Waals surface area (Å²) in [5.74, 6) is 0.753. The number of hydrogen-bond donors (Lipinski definition) is 1. The van der Waals surface area contributed by atoms with Crippen molar-refractivity contribution in [3.63, 3.8) is 0 Å². The maximum atomic E-state index is 12.0. The zero-order chi connectivity index (χ0) is 14.1. The monoisotopic (exact) mass is 293 g/mol. The van der Waals surface area contributed by atoms with E-state index in [0.717, 1.165) is 49.5 Å². The SMILES string of the molecule is Cc1nc([C@H](C)NC2CCN(C(=O)C3CC3)CC2)cs1. The van der Waals surface area contributed by atoms with Crippen molar-refractivity contribution in [3.05, 3.63) is 16.1 Å². The van der Waals surface area contributed by atoms with Crippen molar-refractivity contribution >= 4 is 17.2 Å². The highest BCUT2D eigenvalue weighted by Crippen LogP contribution is 2.32. The second-order valence-electron chi connectivity index (χ2n) is 6.05. The predicted molar refractivity (Wildman–Crippen MR) is 80.7 cm³/mol. The molecule has 0 unspecified atom stereocenters. The Morgan fingerprint density at radius 3 is 2.65 bits per heavy atom. The van der Waals surface area contributed by atoms with Crippen molar-refractivity contribution in [3.8, 4) is 0 Å². The van der Waals surface area contributed by atoms with Crippen molar-refractivity contribution in [2.45, 2.75) is 51.6 Å². The van der Waals surface area contributed by atoms with Gasteiger partial charge in [0.1, 0.15) is 0 Å². The quantitative estimate of drug-likeness (QED) is 0.927. The van der Waals surface area contributed by atoms with E-state index >= 15 is 0 Å². The van der Waals surface area contributed by atoms with Gasteiger partial charge in [0.25, 0.3) is 0 Å². The summed E-state index contributed by atoms with van der Waals surface area (Å²) in [5.41, 5.74) is 1.14. The standard InChI is InChI=1S/C15H23N3OS/c1-10(14-9-20-11(2)17-14)16-13-5-7-18(8-6-13)15(19)12-3-4-12/h9-10,12-13,16H,3-8H2,1-2H3/t10-/m0/s1. The Hall–Kier alpha value is -0.940. The maximum Gasteiger partial charge on any atom is 0.225 e.